The van der Waals surface area contributed by atoms with Gasteiger partial charge in [0.1, 0.15) is 0 Å². The third kappa shape index (κ3) is 2.52. The SMILES string of the molecule is BrC1CCC(Cc2ccc3ccccc3n2)C1. The Morgan fingerprint density at radius 2 is 2.00 bits per heavy atom. The Morgan fingerprint density at radius 3 is 2.82 bits per heavy atom. The van der Waals surface area contributed by atoms with E-state index in [1.54, 1.807) is 0 Å². The maximum absolute atomic E-state index is 4.75. The van der Waals surface area contributed by atoms with Crippen LogP contribution in [0.25, 0.3) is 10.9 Å². The van der Waals surface area contributed by atoms with Crippen molar-refractivity contribution >= 4 is 26.8 Å². The van der Waals surface area contributed by atoms with Crippen LogP contribution in [0.1, 0.15) is 25.0 Å². The maximum Gasteiger partial charge on any atom is 0.0705 e. The number of fused-ring (bicyclic) bond motifs is 1. The van der Waals surface area contributed by atoms with Crippen LogP contribution in [-0.2, 0) is 6.42 Å². The molecule has 2 unspecified atom stereocenters. The molecule has 1 nitrogen and oxygen atoms in total. The monoisotopic (exact) mass is 289 g/mol. The number of nitrogens with zero attached hydrogens (tertiary/aromatic N) is 1. The summed E-state index contributed by atoms with van der Waals surface area (Å²) in [6.45, 7) is 0. The lowest BCUT2D eigenvalue weighted by Crippen LogP contribution is -2.02. The van der Waals surface area contributed by atoms with Gasteiger partial charge in [-0.05, 0) is 43.7 Å². The molecule has 1 heterocycles. The first-order valence-electron chi connectivity index (χ1n) is 6.30. The lowest BCUT2D eigenvalue weighted by Gasteiger charge is -2.09. The van der Waals surface area contributed by atoms with E-state index in [-0.39, 0.29) is 0 Å². The minimum atomic E-state index is 0.730. The molecule has 17 heavy (non-hydrogen) atoms. The highest BCUT2D eigenvalue weighted by Crippen LogP contribution is 2.32. The van der Waals surface area contributed by atoms with Gasteiger partial charge >= 0.3 is 0 Å². The van der Waals surface area contributed by atoms with E-state index >= 15 is 0 Å². The number of para-hydroxylation sites is 1. The fourth-order valence-corrected chi connectivity index (χ4v) is 3.51. The van der Waals surface area contributed by atoms with E-state index in [9.17, 15) is 0 Å². The van der Waals surface area contributed by atoms with Crippen molar-refractivity contribution < 1.29 is 0 Å². The van der Waals surface area contributed by atoms with E-state index in [1.165, 1.54) is 30.3 Å². The zero-order chi connectivity index (χ0) is 11.7. The maximum atomic E-state index is 4.75. The Bertz CT molecular complexity index is 523. The molecule has 1 aromatic heterocycles. The van der Waals surface area contributed by atoms with Crippen molar-refractivity contribution in [3.8, 4) is 0 Å². The first-order valence-corrected chi connectivity index (χ1v) is 7.21. The number of rotatable bonds is 2. The predicted octanol–water partition coefficient (Wildman–Crippen LogP) is 4.34. The minimum absolute atomic E-state index is 0.730. The molecule has 1 aliphatic rings. The van der Waals surface area contributed by atoms with Crippen LogP contribution in [0.5, 0.6) is 0 Å². The highest BCUT2D eigenvalue weighted by atomic mass is 79.9. The summed E-state index contributed by atoms with van der Waals surface area (Å²) < 4.78 is 0. The summed E-state index contributed by atoms with van der Waals surface area (Å²) >= 11 is 3.71. The van der Waals surface area contributed by atoms with Gasteiger partial charge in [-0.2, -0.15) is 0 Å². The second-order valence-electron chi connectivity index (χ2n) is 4.98. The van der Waals surface area contributed by atoms with Crippen molar-refractivity contribution in [2.45, 2.75) is 30.5 Å². The lowest BCUT2D eigenvalue weighted by atomic mass is 10.0. The van der Waals surface area contributed by atoms with E-state index in [4.69, 9.17) is 4.98 Å². The van der Waals surface area contributed by atoms with E-state index in [0.717, 1.165) is 22.7 Å². The van der Waals surface area contributed by atoms with Crippen molar-refractivity contribution in [3.05, 3.63) is 42.1 Å². The van der Waals surface area contributed by atoms with Crippen molar-refractivity contribution in [2.75, 3.05) is 0 Å². The Labute approximate surface area is 110 Å². The molecule has 0 saturated heterocycles. The van der Waals surface area contributed by atoms with Crippen molar-refractivity contribution in [3.63, 3.8) is 0 Å². The van der Waals surface area contributed by atoms with Crippen LogP contribution in [0.4, 0.5) is 0 Å². The fraction of sp³-hybridized carbons (Fsp3) is 0.400. The minimum Gasteiger partial charge on any atom is -0.253 e. The van der Waals surface area contributed by atoms with E-state index < -0.39 is 0 Å². The zero-order valence-corrected chi connectivity index (χ0v) is 11.4. The normalized spacial score (nSPS) is 24.3. The van der Waals surface area contributed by atoms with Crippen LogP contribution in [-0.4, -0.2) is 9.81 Å². The van der Waals surface area contributed by atoms with E-state index in [0.29, 0.717) is 0 Å². The van der Waals surface area contributed by atoms with Gasteiger partial charge in [0.25, 0.3) is 0 Å². The second-order valence-corrected chi connectivity index (χ2v) is 6.27. The van der Waals surface area contributed by atoms with Crippen molar-refractivity contribution in [2.24, 2.45) is 5.92 Å². The van der Waals surface area contributed by atoms with Gasteiger partial charge in [-0.1, -0.05) is 40.2 Å². The smallest absolute Gasteiger partial charge is 0.0705 e. The molecule has 3 rings (SSSR count). The number of hydrogen-bond donors (Lipinski definition) is 0. The summed E-state index contributed by atoms with van der Waals surface area (Å²) in [6, 6.07) is 12.7. The second kappa shape index (κ2) is 4.77. The zero-order valence-electron chi connectivity index (χ0n) is 9.77. The largest absolute Gasteiger partial charge is 0.253 e. The lowest BCUT2D eigenvalue weighted by molar-refractivity contribution is 0.542. The first kappa shape index (κ1) is 11.2. The van der Waals surface area contributed by atoms with Crippen LogP contribution in [0.3, 0.4) is 0 Å². The highest BCUT2D eigenvalue weighted by molar-refractivity contribution is 9.09. The van der Waals surface area contributed by atoms with Crippen LogP contribution < -0.4 is 0 Å². The number of alkyl halides is 1. The summed E-state index contributed by atoms with van der Waals surface area (Å²) in [4.78, 5) is 5.48. The van der Waals surface area contributed by atoms with Gasteiger partial charge in [0, 0.05) is 15.9 Å². The number of hydrogen-bond acceptors (Lipinski definition) is 1. The van der Waals surface area contributed by atoms with Gasteiger partial charge in [-0.3, -0.25) is 4.98 Å². The Hall–Kier alpha value is -0.890. The molecule has 1 fully saturated rings. The molecule has 0 N–H and O–H groups in total. The van der Waals surface area contributed by atoms with Crippen molar-refractivity contribution in [1.82, 2.24) is 4.98 Å². The molecule has 88 valence electrons. The Balaban J connectivity index is 1.81. The van der Waals surface area contributed by atoms with Crippen LogP contribution in [0.2, 0.25) is 0 Å². The van der Waals surface area contributed by atoms with E-state index in [1.807, 2.05) is 0 Å². The average Bonchev–Trinajstić information content (AvgIpc) is 2.75. The first-order chi connectivity index (χ1) is 8.31. The molecule has 0 radical (unpaired) electrons. The molecule has 0 amide bonds. The standard InChI is InChI=1S/C15H16BrN/c16-13-7-5-11(9-13)10-14-8-6-12-3-1-2-4-15(12)17-14/h1-4,6,8,11,13H,5,7,9-10H2. The van der Waals surface area contributed by atoms with E-state index in [2.05, 4.69) is 52.3 Å². The summed E-state index contributed by atoms with van der Waals surface area (Å²) in [5.41, 5.74) is 2.37. The van der Waals surface area contributed by atoms with Gasteiger partial charge < -0.3 is 0 Å². The third-order valence-electron chi connectivity index (χ3n) is 3.63. The molecule has 1 aromatic carbocycles. The van der Waals surface area contributed by atoms with Gasteiger partial charge in [-0.15, -0.1) is 0 Å². The Kier molecular flexibility index (Phi) is 3.15. The van der Waals surface area contributed by atoms with Gasteiger partial charge in [0.2, 0.25) is 0 Å². The molecule has 0 spiro atoms. The molecular formula is C15H16BrN. The number of pyridine rings is 1. The average molecular weight is 290 g/mol. The van der Waals surface area contributed by atoms with Crippen molar-refractivity contribution in [1.29, 1.82) is 0 Å². The third-order valence-corrected chi connectivity index (χ3v) is 4.46. The van der Waals surface area contributed by atoms with Gasteiger partial charge in [0.15, 0.2) is 0 Å². The quantitative estimate of drug-likeness (QED) is 0.750. The Morgan fingerprint density at radius 1 is 1.12 bits per heavy atom. The topological polar surface area (TPSA) is 12.9 Å². The highest BCUT2D eigenvalue weighted by Gasteiger charge is 2.22. The summed E-state index contributed by atoms with van der Waals surface area (Å²) in [7, 11) is 0. The van der Waals surface area contributed by atoms with Crippen LogP contribution in [0, 0.1) is 5.92 Å². The van der Waals surface area contributed by atoms with Crippen LogP contribution >= 0.6 is 15.9 Å². The number of halogens is 1. The molecule has 2 aromatic rings. The molecule has 2 atom stereocenters. The summed E-state index contributed by atoms with van der Waals surface area (Å²) in [5.74, 6) is 0.813. The predicted molar refractivity (Wildman–Crippen MR) is 75.5 cm³/mol. The fourth-order valence-electron chi connectivity index (χ4n) is 2.72. The summed E-state index contributed by atoms with van der Waals surface area (Å²) in [5, 5.41) is 1.24. The molecule has 2 heteroatoms. The molecular weight excluding hydrogens is 274 g/mol. The molecule has 0 aliphatic heterocycles. The van der Waals surface area contributed by atoms with Gasteiger partial charge in [0.05, 0.1) is 5.52 Å². The summed E-state index contributed by atoms with van der Waals surface area (Å²) in [6.07, 6.45) is 5.09. The number of benzene rings is 1. The molecule has 1 saturated carbocycles. The molecule has 0 bridgehead atoms. The van der Waals surface area contributed by atoms with Crippen LogP contribution in [0.15, 0.2) is 36.4 Å². The molecule has 1 aliphatic carbocycles. The number of aromatic nitrogens is 1. The van der Waals surface area contributed by atoms with Gasteiger partial charge in [-0.25, -0.2) is 0 Å².